The van der Waals surface area contributed by atoms with Crippen LogP contribution in [0, 0.1) is 11.6 Å². The Kier molecular flexibility index (Phi) is 5.89. The molecule has 1 amide bonds. The fourth-order valence-corrected chi connectivity index (χ4v) is 3.92. The second-order valence-corrected chi connectivity index (χ2v) is 7.92. The van der Waals surface area contributed by atoms with Crippen LogP contribution in [0.15, 0.2) is 23.1 Å². The van der Waals surface area contributed by atoms with Gasteiger partial charge in [-0.25, -0.2) is 17.2 Å². The summed E-state index contributed by atoms with van der Waals surface area (Å²) in [4.78, 5) is 13.3. The minimum atomic E-state index is -3.87. The molecule has 1 N–H and O–H groups in total. The van der Waals surface area contributed by atoms with Gasteiger partial charge in [-0.2, -0.15) is 4.31 Å². The average molecular weight is 361 g/mol. The Labute approximate surface area is 140 Å². The highest BCUT2D eigenvalue weighted by Crippen LogP contribution is 2.19. The Hall–Kier alpha value is -1.58. The number of amides is 1. The molecule has 1 heterocycles. The summed E-state index contributed by atoms with van der Waals surface area (Å²) in [5.74, 6) is -2.39. The van der Waals surface area contributed by atoms with Crippen molar-refractivity contribution in [1.82, 2.24) is 14.5 Å². The molecule has 0 radical (unpaired) electrons. The maximum Gasteiger partial charge on any atom is 0.243 e. The van der Waals surface area contributed by atoms with Crippen molar-refractivity contribution >= 4 is 15.9 Å². The highest BCUT2D eigenvalue weighted by Gasteiger charge is 2.29. The SMILES string of the molecule is CC(C)NC(=O)CN1CCN(S(=O)(=O)c2ccc(F)c(F)c2)CC1. The van der Waals surface area contributed by atoms with Crippen LogP contribution < -0.4 is 5.32 Å². The minimum Gasteiger partial charge on any atom is -0.353 e. The summed E-state index contributed by atoms with van der Waals surface area (Å²) in [6.45, 7) is 5.11. The van der Waals surface area contributed by atoms with Crippen LogP contribution in [0.25, 0.3) is 0 Å². The Morgan fingerprint density at radius 2 is 1.79 bits per heavy atom. The molecule has 1 aliphatic rings. The molecule has 1 fully saturated rings. The number of hydrogen-bond acceptors (Lipinski definition) is 4. The van der Waals surface area contributed by atoms with Crippen molar-refractivity contribution in [2.24, 2.45) is 0 Å². The largest absolute Gasteiger partial charge is 0.353 e. The molecule has 9 heteroatoms. The third kappa shape index (κ3) is 4.49. The van der Waals surface area contributed by atoms with Gasteiger partial charge in [0.25, 0.3) is 0 Å². The third-order valence-corrected chi connectivity index (χ3v) is 5.57. The molecule has 2 rings (SSSR count). The van der Waals surface area contributed by atoms with Gasteiger partial charge < -0.3 is 5.32 Å². The van der Waals surface area contributed by atoms with Gasteiger partial charge in [-0.05, 0) is 32.0 Å². The van der Waals surface area contributed by atoms with Crippen molar-refractivity contribution < 1.29 is 22.0 Å². The molecule has 1 aliphatic heterocycles. The van der Waals surface area contributed by atoms with Crippen LogP contribution in [0.2, 0.25) is 0 Å². The van der Waals surface area contributed by atoms with E-state index in [0.717, 1.165) is 12.1 Å². The lowest BCUT2D eigenvalue weighted by atomic mass is 10.3. The van der Waals surface area contributed by atoms with Gasteiger partial charge in [0.15, 0.2) is 11.6 Å². The van der Waals surface area contributed by atoms with Crippen LogP contribution >= 0.6 is 0 Å². The van der Waals surface area contributed by atoms with E-state index in [9.17, 15) is 22.0 Å². The van der Waals surface area contributed by atoms with E-state index in [2.05, 4.69) is 5.32 Å². The zero-order valence-corrected chi connectivity index (χ0v) is 14.4. The Bertz CT molecular complexity index is 702. The standard InChI is InChI=1S/C15H21F2N3O3S/c1-11(2)18-15(21)10-19-5-7-20(8-6-19)24(22,23)12-3-4-13(16)14(17)9-12/h3-4,9,11H,5-8,10H2,1-2H3,(H,18,21). The second kappa shape index (κ2) is 7.54. The van der Waals surface area contributed by atoms with E-state index in [1.807, 2.05) is 18.7 Å². The van der Waals surface area contributed by atoms with Crippen LogP contribution in [0.3, 0.4) is 0 Å². The first-order valence-electron chi connectivity index (χ1n) is 7.67. The summed E-state index contributed by atoms with van der Waals surface area (Å²) in [5, 5.41) is 2.78. The number of sulfonamides is 1. The molecule has 0 aromatic heterocycles. The predicted octanol–water partition coefficient (Wildman–Crippen LogP) is 0.796. The molecule has 1 aromatic rings. The molecule has 0 atom stereocenters. The van der Waals surface area contributed by atoms with Gasteiger partial charge in [0.05, 0.1) is 11.4 Å². The van der Waals surface area contributed by atoms with Crippen molar-refractivity contribution in [3.63, 3.8) is 0 Å². The van der Waals surface area contributed by atoms with Gasteiger partial charge >= 0.3 is 0 Å². The lowest BCUT2D eigenvalue weighted by molar-refractivity contribution is -0.123. The summed E-state index contributed by atoms with van der Waals surface area (Å²) in [5.41, 5.74) is 0. The maximum atomic E-state index is 13.3. The van der Waals surface area contributed by atoms with E-state index in [-0.39, 0.29) is 36.5 Å². The topological polar surface area (TPSA) is 69.7 Å². The van der Waals surface area contributed by atoms with Crippen molar-refractivity contribution in [2.75, 3.05) is 32.7 Å². The number of nitrogens with zero attached hydrogens (tertiary/aromatic N) is 2. The first-order valence-corrected chi connectivity index (χ1v) is 9.11. The Morgan fingerprint density at radius 1 is 1.17 bits per heavy atom. The summed E-state index contributed by atoms with van der Waals surface area (Å²) >= 11 is 0. The number of halogens is 2. The number of benzene rings is 1. The molecular formula is C15H21F2N3O3S. The molecule has 1 aromatic carbocycles. The first kappa shape index (κ1) is 18.8. The zero-order valence-electron chi connectivity index (χ0n) is 13.6. The highest BCUT2D eigenvalue weighted by atomic mass is 32.2. The molecule has 0 spiro atoms. The van der Waals surface area contributed by atoms with Crippen LogP contribution in [-0.2, 0) is 14.8 Å². The summed E-state index contributed by atoms with van der Waals surface area (Å²) in [7, 11) is -3.87. The smallest absolute Gasteiger partial charge is 0.243 e. The number of nitrogens with one attached hydrogen (secondary N) is 1. The third-order valence-electron chi connectivity index (χ3n) is 3.68. The molecule has 0 bridgehead atoms. The highest BCUT2D eigenvalue weighted by molar-refractivity contribution is 7.89. The van der Waals surface area contributed by atoms with E-state index >= 15 is 0 Å². The second-order valence-electron chi connectivity index (χ2n) is 5.98. The van der Waals surface area contributed by atoms with Crippen LogP contribution in [0.1, 0.15) is 13.8 Å². The van der Waals surface area contributed by atoms with Gasteiger partial charge in [-0.1, -0.05) is 0 Å². The van der Waals surface area contributed by atoms with E-state index in [4.69, 9.17) is 0 Å². The van der Waals surface area contributed by atoms with Gasteiger partial charge in [0, 0.05) is 32.2 Å². The first-order chi connectivity index (χ1) is 11.2. The van der Waals surface area contributed by atoms with Crippen LogP contribution in [-0.4, -0.2) is 62.3 Å². The predicted molar refractivity (Wildman–Crippen MR) is 84.8 cm³/mol. The van der Waals surface area contributed by atoms with Gasteiger partial charge in [0.1, 0.15) is 0 Å². The molecular weight excluding hydrogens is 340 g/mol. The summed E-state index contributed by atoms with van der Waals surface area (Å²) < 4.78 is 52.4. The normalized spacial score (nSPS) is 17.2. The zero-order chi connectivity index (χ0) is 17.9. The van der Waals surface area contributed by atoms with Crippen molar-refractivity contribution in [3.05, 3.63) is 29.8 Å². The van der Waals surface area contributed by atoms with Gasteiger partial charge in [-0.15, -0.1) is 0 Å². The average Bonchev–Trinajstić information content (AvgIpc) is 2.49. The van der Waals surface area contributed by atoms with Crippen molar-refractivity contribution in [3.8, 4) is 0 Å². The van der Waals surface area contributed by atoms with Crippen LogP contribution in [0.4, 0.5) is 8.78 Å². The molecule has 1 saturated heterocycles. The number of hydrogen-bond donors (Lipinski definition) is 1. The monoisotopic (exact) mass is 361 g/mol. The van der Waals surface area contributed by atoms with E-state index in [1.165, 1.54) is 4.31 Å². The number of carbonyl (C=O) groups excluding carboxylic acids is 1. The maximum absolute atomic E-state index is 13.3. The molecule has 24 heavy (non-hydrogen) atoms. The molecule has 6 nitrogen and oxygen atoms in total. The van der Waals surface area contributed by atoms with Crippen LogP contribution in [0.5, 0.6) is 0 Å². The Balaban J connectivity index is 1.98. The van der Waals surface area contributed by atoms with Gasteiger partial charge in [-0.3, -0.25) is 9.69 Å². The van der Waals surface area contributed by atoms with Gasteiger partial charge in [0.2, 0.25) is 15.9 Å². The molecule has 0 saturated carbocycles. The number of piperazine rings is 1. The van der Waals surface area contributed by atoms with E-state index in [0.29, 0.717) is 19.2 Å². The lowest BCUT2D eigenvalue weighted by Gasteiger charge is -2.33. The Morgan fingerprint density at radius 3 is 2.33 bits per heavy atom. The molecule has 0 aliphatic carbocycles. The van der Waals surface area contributed by atoms with Crippen molar-refractivity contribution in [1.29, 1.82) is 0 Å². The fraction of sp³-hybridized carbons (Fsp3) is 0.533. The summed E-state index contributed by atoms with van der Waals surface area (Å²) in [6, 6.07) is 2.59. The van der Waals surface area contributed by atoms with Crippen molar-refractivity contribution in [2.45, 2.75) is 24.8 Å². The quantitative estimate of drug-likeness (QED) is 0.842. The van der Waals surface area contributed by atoms with E-state index < -0.39 is 21.7 Å². The molecule has 134 valence electrons. The number of rotatable bonds is 5. The lowest BCUT2D eigenvalue weighted by Crippen LogP contribution is -2.51. The molecule has 0 unspecified atom stereocenters. The fourth-order valence-electron chi connectivity index (χ4n) is 2.49. The number of carbonyl (C=O) groups is 1. The minimum absolute atomic E-state index is 0.0486. The summed E-state index contributed by atoms with van der Waals surface area (Å²) in [6.07, 6.45) is 0. The van der Waals surface area contributed by atoms with E-state index in [1.54, 1.807) is 0 Å².